The Morgan fingerprint density at radius 3 is 2.00 bits per heavy atom. The van der Waals surface area contributed by atoms with Gasteiger partial charge in [-0.2, -0.15) is 13.2 Å². The van der Waals surface area contributed by atoms with Crippen molar-refractivity contribution >= 4 is 29.5 Å². The monoisotopic (exact) mass is 649 g/mol. The van der Waals surface area contributed by atoms with Crippen LogP contribution in [0.4, 0.5) is 18.9 Å². The van der Waals surface area contributed by atoms with Gasteiger partial charge in [0.05, 0.1) is 23.8 Å². The highest BCUT2D eigenvalue weighted by molar-refractivity contribution is 6.09. The molecule has 0 aromatic heterocycles. The Morgan fingerprint density at radius 2 is 1.40 bits per heavy atom. The van der Waals surface area contributed by atoms with Gasteiger partial charge in [-0.05, 0) is 66.4 Å². The molecule has 4 aromatic carbocycles. The molecule has 4 rings (SSSR count). The van der Waals surface area contributed by atoms with Crippen LogP contribution in [-0.4, -0.2) is 46.7 Å². The number of esters is 1. The predicted octanol–water partition coefficient (Wildman–Crippen LogP) is 6.60. The molecule has 4 aromatic rings. The summed E-state index contributed by atoms with van der Waals surface area (Å²) in [4.78, 5) is 50.4. The molecule has 0 saturated carbocycles. The Balaban J connectivity index is 1.54. The summed E-state index contributed by atoms with van der Waals surface area (Å²) < 4.78 is 50.2. The number of ether oxygens (including phenoxy) is 2. The van der Waals surface area contributed by atoms with Gasteiger partial charge in [0.25, 0.3) is 5.91 Å². The highest BCUT2D eigenvalue weighted by Gasteiger charge is 2.50. The van der Waals surface area contributed by atoms with Crippen molar-refractivity contribution in [1.82, 2.24) is 0 Å². The van der Waals surface area contributed by atoms with Crippen LogP contribution in [0.2, 0.25) is 0 Å². The van der Waals surface area contributed by atoms with Gasteiger partial charge in [0.1, 0.15) is 12.4 Å². The number of hydrogen-bond donors (Lipinski definition) is 3. The fourth-order valence-electron chi connectivity index (χ4n) is 4.77. The third-order valence-electron chi connectivity index (χ3n) is 7.15. The van der Waals surface area contributed by atoms with Gasteiger partial charge in [-0.15, -0.1) is 0 Å². The molecule has 3 N–H and O–H groups in total. The smallest absolute Gasteiger partial charge is 0.416 e. The van der Waals surface area contributed by atoms with Gasteiger partial charge >= 0.3 is 24.1 Å². The standard InChI is InChI=1S/C35H30F3NO8/c1-21(2)47-29-18-22(19-30(40)46-20-34(32(42)43,33(44)45)24-8-4-3-5-9-24)12-17-28(29)39-31(41)27-11-7-6-10-26(27)23-13-15-25(16-14-23)35(36,37)38/h3-18,21H,19-20H2,1-2H3,(H,39,41)(H,42,43)(H,44,45). The van der Waals surface area contributed by atoms with Crippen LogP contribution in [0.15, 0.2) is 97.1 Å². The second-order valence-corrected chi connectivity index (χ2v) is 10.8. The molecule has 0 aliphatic heterocycles. The van der Waals surface area contributed by atoms with E-state index in [0.29, 0.717) is 16.7 Å². The van der Waals surface area contributed by atoms with E-state index in [1.54, 1.807) is 38.1 Å². The number of halogens is 3. The van der Waals surface area contributed by atoms with E-state index in [-0.39, 0.29) is 35.1 Å². The van der Waals surface area contributed by atoms with Gasteiger partial charge < -0.3 is 25.0 Å². The van der Waals surface area contributed by atoms with E-state index in [1.807, 2.05) is 0 Å². The third kappa shape index (κ3) is 7.96. The largest absolute Gasteiger partial charge is 0.489 e. The second kappa shape index (κ2) is 14.2. The number of carboxylic acid groups (broad SMARTS) is 2. The molecule has 12 heteroatoms. The minimum absolute atomic E-state index is 0.0691. The molecule has 0 atom stereocenters. The maximum atomic E-state index is 13.4. The number of nitrogens with one attached hydrogen (secondary N) is 1. The zero-order valence-electron chi connectivity index (χ0n) is 25.2. The Kier molecular flexibility index (Phi) is 10.3. The number of carbonyl (C=O) groups is 4. The minimum Gasteiger partial charge on any atom is -0.489 e. The van der Waals surface area contributed by atoms with Gasteiger partial charge in [0, 0.05) is 5.56 Å². The fraction of sp³-hybridized carbons (Fsp3) is 0.200. The molecule has 47 heavy (non-hydrogen) atoms. The van der Waals surface area contributed by atoms with Crippen LogP contribution >= 0.6 is 0 Å². The average molecular weight is 650 g/mol. The summed E-state index contributed by atoms with van der Waals surface area (Å²) >= 11 is 0. The highest BCUT2D eigenvalue weighted by Crippen LogP contribution is 2.33. The third-order valence-corrected chi connectivity index (χ3v) is 7.15. The lowest BCUT2D eigenvalue weighted by molar-refractivity contribution is -0.164. The number of benzene rings is 4. The number of carbonyl (C=O) groups excluding carboxylic acids is 2. The summed E-state index contributed by atoms with van der Waals surface area (Å²) in [5.41, 5.74) is -1.81. The predicted molar refractivity (Wildman–Crippen MR) is 165 cm³/mol. The summed E-state index contributed by atoms with van der Waals surface area (Å²) in [6, 6.07) is 22.5. The molecule has 0 aliphatic carbocycles. The Morgan fingerprint density at radius 1 is 0.787 bits per heavy atom. The van der Waals surface area contributed by atoms with Crippen molar-refractivity contribution in [3.05, 3.63) is 119 Å². The average Bonchev–Trinajstić information content (AvgIpc) is 3.02. The lowest BCUT2D eigenvalue weighted by Crippen LogP contribution is -2.48. The topological polar surface area (TPSA) is 139 Å². The summed E-state index contributed by atoms with van der Waals surface area (Å²) in [6.45, 7) is 2.53. The number of hydrogen-bond acceptors (Lipinski definition) is 6. The van der Waals surface area contributed by atoms with E-state index < -0.39 is 47.6 Å². The first kappa shape index (κ1) is 34.2. The Hall–Kier alpha value is -5.65. The molecule has 0 unspecified atom stereocenters. The molecule has 244 valence electrons. The van der Waals surface area contributed by atoms with E-state index >= 15 is 0 Å². The first-order valence-corrected chi connectivity index (χ1v) is 14.3. The first-order valence-electron chi connectivity index (χ1n) is 14.3. The molecule has 0 fully saturated rings. The van der Waals surface area contributed by atoms with Gasteiger partial charge in [0.2, 0.25) is 5.41 Å². The number of rotatable bonds is 12. The van der Waals surface area contributed by atoms with Crippen molar-refractivity contribution in [2.24, 2.45) is 0 Å². The number of carboxylic acids is 2. The van der Waals surface area contributed by atoms with Crippen molar-refractivity contribution in [3.8, 4) is 16.9 Å². The molecule has 0 aliphatic rings. The zero-order valence-corrected chi connectivity index (χ0v) is 25.2. The molecule has 0 heterocycles. The molecular formula is C35H30F3NO8. The highest BCUT2D eigenvalue weighted by atomic mass is 19.4. The maximum Gasteiger partial charge on any atom is 0.416 e. The van der Waals surface area contributed by atoms with Gasteiger partial charge in [0.15, 0.2) is 0 Å². The van der Waals surface area contributed by atoms with Crippen LogP contribution in [-0.2, 0) is 37.1 Å². The van der Waals surface area contributed by atoms with Crippen LogP contribution in [0.3, 0.4) is 0 Å². The number of alkyl halides is 3. The van der Waals surface area contributed by atoms with Gasteiger partial charge in [-0.1, -0.05) is 66.7 Å². The molecular weight excluding hydrogens is 619 g/mol. The summed E-state index contributed by atoms with van der Waals surface area (Å²) in [5.74, 6) is -4.67. The quantitative estimate of drug-likeness (QED) is 0.115. The van der Waals surface area contributed by atoms with E-state index in [4.69, 9.17) is 9.47 Å². The Labute approximate surface area is 267 Å². The lowest BCUT2D eigenvalue weighted by atomic mass is 9.81. The first-order chi connectivity index (χ1) is 22.2. The van der Waals surface area contributed by atoms with Crippen LogP contribution in [0.5, 0.6) is 5.75 Å². The molecule has 0 spiro atoms. The maximum absolute atomic E-state index is 13.4. The molecule has 1 amide bonds. The van der Waals surface area contributed by atoms with Crippen LogP contribution in [0.25, 0.3) is 11.1 Å². The van der Waals surface area contributed by atoms with Crippen molar-refractivity contribution in [3.63, 3.8) is 0 Å². The molecule has 0 bridgehead atoms. The van der Waals surface area contributed by atoms with E-state index in [9.17, 15) is 42.6 Å². The minimum atomic E-state index is -4.51. The van der Waals surface area contributed by atoms with Crippen molar-refractivity contribution < 1.29 is 52.0 Å². The van der Waals surface area contributed by atoms with Crippen LogP contribution in [0, 0.1) is 0 Å². The summed E-state index contributed by atoms with van der Waals surface area (Å²) in [5, 5.41) is 22.4. The summed E-state index contributed by atoms with van der Waals surface area (Å²) in [7, 11) is 0. The fourth-order valence-corrected chi connectivity index (χ4v) is 4.77. The zero-order chi connectivity index (χ0) is 34.4. The number of anilines is 1. The Bertz CT molecular complexity index is 1760. The van der Waals surface area contributed by atoms with E-state index in [1.165, 1.54) is 60.7 Å². The van der Waals surface area contributed by atoms with Gasteiger partial charge in [-0.25, -0.2) is 0 Å². The molecule has 0 radical (unpaired) electrons. The number of aliphatic carboxylic acids is 2. The van der Waals surface area contributed by atoms with Crippen molar-refractivity contribution in [2.45, 2.75) is 38.0 Å². The van der Waals surface area contributed by atoms with E-state index in [0.717, 1.165) is 12.1 Å². The number of amides is 1. The lowest BCUT2D eigenvalue weighted by Gasteiger charge is -2.25. The van der Waals surface area contributed by atoms with E-state index in [2.05, 4.69) is 5.32 Å². The van der Waals surface area contributed by atoms with Crippen molar-refractivity contribution in [2.75, 3.05) is 11.9 Å². The van der Waals surface area contributed by atoms with Crippen LogP contribution in [0.1, 0.15) is 40.9 Å². The SMILES string of the molecule is CC(C)Oc1cc(CC(=O)OCC(C(=O)O)(C(=O)O)c2ccccc2)ccc1NC(=O)c1ccccc1-c1ccc(C(F)(F)F)cc1. The molecule has 9 nitrogen and oxygen atoms in total. The molecule has 0 saturated heterocycles. The van der Waals surface area contributed by atoms with Crippen molar-refractivity contribution in [1.29, 1.82) is 0 Å². The van der Waals surface area contributed by atoms with Crippen LogP contribution < -0.4 is 10.1 Å². The normalized spacial score (nSPS) is 11.5. The summed E-state index contributed by atoms with van der Waals surface area (Å²) in [6.07, 6.45) is -5.23. The van der Waals surface area contributed by atoms with Gasteiger partial charge in [-0.3, -0.25) is 19.2 Å². The second-order valence-electron chi connectivity index (χ2n) is 10.8.